The van der Waals surface area contributed by atoms with Gasteiger partial charge in [0.25, 0.3) is 5.91 Å². The Balaban J connectivity index is -0.000000509. The topological polar surface area (TPSA) is 212 Å². The second kappa shape index (κ2) is 38.3. The van der Waals surface area contributed by atoms with E-state index >= 15 is 0 Å². The number of amides is 1. The van der Waals surface area contributed by atoms with Crippen molar-refractivity contribution in [1.29, 1.82) is 0 Å². The first kappa shape index (κ1) is 67.8. The monoisotopic (exact) mass is 1100 g/mol. The number of nitrogens with zero attached hydrogens (tertiary/aromatic N) is 2. The molecule has 13 nitrogen and oxygen atoms in total. The van der Waals surface area contributed by atoms with Crippen LogP contribution in [-0.2, 0) is 40.2 Å². The number of carboxylic acids is 1. The van der Waals surface area contributed by atoms with Crippen LogP contribution in [0.15, 0.2) is 96.6 Å². The maximum atomic E-state index is 12.3. The summed E-state index contributed by atoms with van der Waals surface area (Å²) in [4.78, 5) is 43.9. The Hall–Kier alpha value is -5.80. The zero-order valence-electron chi connectivity index (χ0n) is 41.8. The van der Waals surface area contributed by atoms with Crippen LogP contribution in [0.4, 0.5) is 5.69 Å². The predicted octanol–water partition coefficient (Wildman–Crippen LogP) is 10.6. The summed E-state index contributed by atoms with van der Waals surface area (Å²) in [5.74, 6) is 0.482. The first-order valence-electron chi connectivity index (χ1n) is 21.3. The Labute approximate surface area is 417 Å². The minimum atomic E-state index is -1.09. The van der Waals surface area contributed by atoms with Crippen LogP contribution in [0.25, 0.3) is 28.4 Å². The predicted molar refractivity (Wildman–Crippen MR) is 279 cm³/mol. The molecule has 374 valence electrons. The number of aliphatic hydroxyl groups is 1. The maximum Gasteiger partial charge on any atom is 0.326 e. The molecule has 1 fully saturated rings. The fourth-order valence-electron chi connectivity index (χ4n) is 6.10. The third-order valence-electron chi connectivity index (χ3n) is 9.59. The molecule has 0 bridgehead atoms. The van der Waals surface area contributed by atoms with Crippen LogP contribution in [0.2, 0.25) is 0 Å². The molecule has 0 aliphatic heterocycles. The number of hydrogen-bond donors (Lipinski definition) is 6. The van der Waals surface area contributed by atoms with Gasteiger partial charge in [0.1, 0.15) is 11.8 Å². The number of allylic oxidation sites excluding steroid dienone is 2. The summed E-state index contributed by atoms with van der Waals surface area (Å²) in [6.07, 6.45) is 20.2. The summed E-state index contributed by atoms with van der Waals surface area (Å²) >= 11 is 0. The SMILES string of the molecule is C#C/C=C\c1c(C)c(C)c2cccnc2c1C.C=C(N)NC(=O)C(=N/C(=C\C)CNc1ccc(C(=C)NC(CCC(=O)OC)C(=O)O)cc1)C(=C)C.CCC.CO.[CH3-].[CH3-].[NH-]C1CCCCC1.[Pt]. The maximum absolute atomic E-state index is 12.3. The minimum Gasteiger partial charge on any atom is -0.675 e. The largest absolute Gasteiger partial charge is 0.675 e. The molecule has 8 N–H and O–H groups in total. The molecule has 1 unspecified atom stereocenters. The number of carboxylic acid groups (broad SMARTS) is 1. The van der Waals surface area contributed by atoms with Crippen LogP contribution in [0.5, 0.6) is 0 Å². The standard InChI is InChI=1S/C25H33N5O5.C16H15N.C6H12N.C3H8.CH4O.2CH3.Pt/c1-7-19(30-23(15(2)3)24(32)29-17(5)26)14-27-20-10-8-18(9-11-20)16(4)28-21(25(33)34)12-13-22(31)35-6;1-5-6-8-14-11(2)12(3)15-9-7-10-17-16(15)13(14)4;7-6-4-2-1-3-5-6;1-3-2;1-2;;;/h7-11,21,27-28H,2,4-5,12-14,26H2,1,3,6H3,(H,29,32)(H,33,34);1,6-10H,2-4H3;6-7H,1-5H2;3H2,1-2H3;2H,1H3;2*1H3;/q;;-1;;;2*-1;/b19-7-,30-23?;8-6-;;;;;;. The molecule has 14 heteroatoms. The van der Waals surface area contributed by atoms with Crippen LogP contribution in [0, 0.1) is 48.0 Å². The second-order valence-electron chi connectivity index (χ2n) is 14.8. The summed E-state index contributed by atoms with van der Waals surface area (Å²) in [5.41, 5.74) is 21.8. The Morgan fingerprint density at radius 3 is 2.07 bits per heavy atom. The van der Waals surface area contributed by atoms with Gasteiger partial charge in [0.2, 0.25) is 0 Å². The number of carbonyl (C=O) groups excluding carboxylic acids is 2. The number of methoxy groups -OCH3 is 1. The van der Waals surface area contributed by atoms with Crippen LogP contribution in [-0.4, -0.2) is 71.6 Å². The fourth-order valence-corrected chi connectivity index (χ4v) is 6.10. The summed E-state index contributed by atoms with van der Waals surface area (Å²) in [7, 11) is 2.25. The third-order valence-corrected chi connectivity index (χ3v) is 9.59. The molecule has 1 amide bonds. The van der Waals surface area contributed by atoms with Gasteiger partial charge in [0, 0.05) is 57.6 Å². The van der Waals surface area contributed by atoms with E-state index < -0.39 is 23.9 Å². The number of aliphatic imine (C=N–C) groups is 1. The molecular formula is C53H78N7O6Pt-3. The molecule has 1 heterocycles. The molecular weight excluding hydrogens is 1030 g/mol. The van der Waals surface area contributed by atoms with Crippen molar-refractivity contribution in [3.8, 4) is 12.3 Å². The molecule has 1 saturated carbocycles. The summed E-state index contributed by atoms with van der Waals surface area (Å²) < 4.78 is 4.56. The van der Waals surface area contributed by atoms with Crippen molar-refractivity contribution in [3.63, 3.8) is 0 Å². The van der Waals surface area contributed by atoms with Gasteiger partial charge in [0.15, 0.2) is 0 Å². The smallest absolute Gasteiger partial charge is 0.326 e. The van der Waals surface area contributed by atoms with Gasteiger partial charge in [-0.1, -0.05) is 102 Å². The van der Waals surface area contributed by atoms with E-state index in [1.807, 2.05) is 18.3 Å². The third kappa shape index (κ3) is 25.6. The Morgan fingerprint density at radius 2 is 1.61 bits per heavy atom. The fraction of sp³-hybridized carbons (Fsp3) is 0.377. The van der Waals surface area contributed by atoms with Crippen molar-refractivity contribution in [2.24, 2.45) is 10.7 Å². The molecule has 1 aliphatic carbocycles. The average molecular weight is 1100 g/mol. The number of carbonyl (C=O) groups is 3. The molecule has 1 aliphatic rings. The van der Waals surface area contributed by atoms with E-state index in [1.165, 1.54) is 60.4 Å². The quantitative estimate of drug-likeness (QED) is 0.0367. The number of fused-ring (bicyclic) bond motifs is 1. The van der Waals surface area contributed by atoms with Gasteiger partial charge < -0.3 is 57.2 Å². The molecule has 1 atom stereocenters. The molecule has 0 radical (unpaired) electrons. The Kier molecular flexibility index (Phi) is 38.8. The van der Waals surface area contributed by atoms with Gasteiger partial charge in [-0.15, -0.1) is 12.5 Å². The molecule has 2 aromatic carbocycles. The van der Waals surface area contributed by atoms with Crippen molar-refractivity contribution < 1.29 is 50.4 Å². The zero-order valence-corrected chi connectivity index (χ0v) is 44.1. The van der Waals surface area contributed by atoms with E-state index in [9.17, 15) is 19.5 Å². The number of aromatic nitrogens is 1. The van der Waals surface area contributed by atoms with Crippen LogP contribution in [0.3, 0.4) is 0 Å². The van der Waals surface area contributed by atoms with Gasteiger partial charge >= 0.3 is 11.9 Å². The summed E-state index contributed by atoms with van der Waals surface area (Å²) in [6, 6.07) is 10.5. The first-order chi connectivity index (χ1) is 30.4. The number of anilines is 1. The van der Waals surface area contributed by atoms with Crippen molar-refractivity contribution in [2.45, 2.75) is 112 Å². The number of hydrogen-bond acceptors (Lipinski definition) is 10. The Bertz CT molecular complexity index is 2130. The first-order valence-corrected chi connectivity index (χ1v) is 21.3. The number of aliphatic hydroxyl groups excluding tert-OH is 1. The number of benzene rings is 2. The molecule has 0 spiro atoms. The average Bonchev–Trinajstić information content (AvgIpc) is 3.28. The van der Waals surface area contributed by atoms with Crippen LogP contribution < -0.4 is 21.7 Å². The van der Waals surface area contributed by atoms with E-state index in [-0.39, 0.29) is 66.3 Å². The summed E-state index contributed by atoms with van der Waals surface area (Å²) in [5, 5.41) is 26.1. The normalized spacial score (nSPS) is 12.1. The molecule has 3 aromatic rings. The van der Waals surface area contributed by atoms with Crippen molar-refractivity contribution in [1.82, 2.24) is 15.6 Å². The molecule has 4 rings (SSSR count). The van der Waals surface area contributed by atoms with Crippen LogP contribution >= 0.6 is 0 Å². The minimum absolute atomic E-state index is 0. The number of nitrogens with two attached hydrogens (primary N) is 1. The van der Waals surface area contributed by atoms with Crippen molar-refractivity contribution in [3.05, 3.63) is 140 Å². The van der Waals surface area contributed by atoms with Crippen LogP contribution in [0.1, 0.15) is 107 Å². The number of ether oxygens (including phenoxy) is 1. The van der Waals surface area contributed by atoms with Gasteiger partial charge in [0.05, 0.1) is 30.7 Å². The van der Waals surface area contributed by atoms with Gasteiger partial charge in [-0.05, 0) is 105 Å². The molecule has 67 heavy (non-hydrogen) atoms. The summed E-state index contributed by atoms with van der Waals surface area (Å²) in [6.45, 7) is 25.5. The number of rotatable bonds is 15. The number of aryl methyl sites for hydroxylation is 2. The van der Waals surface area contributed by atoms with Gasteiger partial charge in [-0.2, -0.15) is 0 Å². The number of pyridine rings is 1. The van der Waals surface area contributed by atoms with E-state index in [0.717, 1.165) is 31.2 Å². The van der Waals surface area contributed by atoms with Gasteiger partial charge in [-0.25, -0.2) is 9.79 Å². The van der Waals surface area contributed by atoms with Crippen molar-refractivity contribution in [2.75, 3.05) is 26.1 Å². The second-order valence-corrected chi connectivity index (χ2v) is 14.8. The zero-order chi connectivity index (χ0) is 48.8. The van der Waals surface area contributed by atoms with Crippen molar-refractivity contribution >= 4 is 51.9 Å². The Morgan fingerprint density at radius 1 is 1.03 bits per heavy atom. The van der Waals surface area contributed by atoms with E-state index in [2.05, 4.69) is 97.0 Å². The van der Waals surface area contributed by atoms with E-state index in [0.29, 0.717) is 29.1 Å². The molecule has 1 aromatic heterocycles. The number of aliphatic carboxylic acids is 1. The number of nitrogens with one attached hydrogen (secondary N) is 4. The number of esters is 1. The van der Waals surface area contributed by atoms with E-state index in [1.54, 1.807) is 50.3 Å². The van der Waals surface area contributed by atoms with E-state index in [4.69, 9.17) is 23.0 Å². The van der Waals surface area contributed by atoms with Gasteiger partial charge in [-0.3, -0.25) is 14.6 Å². The molecule has 0 saturated heterocycles. The number of terminal acetylenes is 1.